The third-order valence-electron chi connectivity index (χ3n) is 24.6. The summed E-state index contributed by atoms with van der Waals surface area (Å²) in [5.74, 6) is 0. The fraction of sp³-hybridized carbons (Fsp3) is 0.0943. The van der Waals surface area contributed by atoms with Crippen LogP contribution in [0.15, 0.2) is 0 Å². The second kappa shape index (κ2) is 21.2. The summed E-state index contributed by atoms with van der Waals surface area (Å²) < 4.78 is 2.78. The lowest BCUT2D eigenvalue weighted by atomic mass is 9.57. The highest BCUT2D eigenvalue weighted by Gasteiger charge is 2.43. The average Bonchev–Trinajstić information content (AvgIpc) is 1.61. The van der Waals surface area contributed by atoms with Gasteiger partial charge in [-0.05, 0) is 74.9 Å². The van der Waals surface area contributed by atoms with Crippen molar-refractivity contribution in [2.75, 3.05) is 4.90 Å². The van der Waals surface area contributed by atoms with E-state index in [1.165, 1.54) is 264 Å². The van der Waals surface area contributed by atoms with Crippen molar-refractivity contribution in [3.8, 4) is 39.1 Å². The Bertz CT molecular complexity index is 4540. The third kappa shape index (κ3) is 8.28. The fourth-order valence-electron chi connectivity index (χ4n) is 17.5. The summed E-state index contributed by atoms with van der Waals surface area (Å²) in [7, 11) is 71.7. The standard InChI is InChI=1S/C53H72B30N2/c1-5-17(54)9(10-22(59)33(70)38(75)34(71)23(10)60)26(63)43(80)48(5)84(51-31(68)16-8(20(57)44(51)81)7-15(53(16,3)4)30(67)37(74)32(69)19(7)56)47-6(2)18(55)49-14(29(47)66)13-27(64)21(58)12(11-24(61)35(72)39(76)36(73)25(11)62)28(65)50(13)85(49)52-45(82)41(78)40(77)42(79)46(52)83/h54-83H2,1-4H3. The zero-order chi connectivity index (χ0) is 63.4. The van der Waals surface area contributed by atoms with Crippen LogP contribution in [-0.2, 0) is 5.41 Å². The first-order valence-electron chi connectivity index (χ1n) is 31.8. The van der Waals surface area contributed by atoms with E-state index in [1.54, 1.807) is 0 Å². The Hall–Kier alpha value is -4.69. The smallest absolute Gasteiger partial charge is 0.143 e. The summed E-state index contributed by atoms with van der Waals surface area (Å²) in [4.78, 5) is 2.85. The molecule has 10 rings (SSSR count). The Kier molecular flexibility index (Phi) is 15.8. The highest BCUT2D eigenvalue weighted by atomic mass is 15.2. The van der Waals surface area contributed by atoms with E-state index in [4.69, 9.17) is 0 Å². The molecule has 0 amide bonds. The van der Waals surface area contributed by atoms with Gasteiger partial charge in [-0.2, -0.15) is 0 Å². The molecule has 2 nitrogen and oxygen atoms in total. The molecule has 1 aliphatic carbocycles. The lowest BCUT2D eigenvalue weighted by Gasteiger charge is -2.39. The van der Waals surface area contributed by atoms with Crippen molar-refractivity contribution >= 4 is 438 Å². The van der Waals surface area contributed by atoms with E-state index in [9.17, 15) is 0 Å². The zero-order valence-corrected chi connectivity index (χ0v) is 59.4. The first-order chi connectivity index (χ1) is 39.4. The minimum absolute atomic E-state index is 0.233. The molecule has 0 spiro atoms. The van der Waals surface area contributed by atoms with Gasteiger partial charge in [-0.1, -0.05) is 129 Å². The minimum atomic E-state index is -0.233. The maximum atomic E-state index is 2.85. The van der Waals surface area contributed by atoms with Gasteiger partial charge < -0.3 is 9.47 Å². The molecule has 1 heterocycles. The van der Waals surface area contributed by atoms with Gasteiger partial charge >= 0.3 is 0 Å². The van der Waals surface area contributed by atoms with Crippen molar-refractivity contribution in [1.82, 2.24) is 4.57 Å². The molecule has 0 aliphatic heterocycles. The maximum Gasteiger partial charge on any atom is 0.143 e. The van der Waals surface area contributed by atoms with Crippen molar-refractivity contribution in [2.45, 2.75) is 33.1 Å². The van der Waals surface area contributed by atoms with Crippen LogP contribution in [0, 0.1) is 13.8 Å². The molecule has 0 bridgehead atoms. The number of hydrogen-bond donors (Lipinski definition) is 0. The van der Waals surface area contributed by atoms with Crippen LogP contribution in [0.25, 0.3) is 60.9 Å². The van der Waals surface area contributed by atoms with E-state index >= 15 is 0 Å². The topological polar surface area (TPSA) is 8.17 Å². The van der Waals surface area contributed by atoms with Crippen molar-refractivity contribution < 1.29 is 0 Å². The molecule has 85 heavy (non-hydrogen) atoms. The molecule has 0 fully saturated rings. The number of aromatic nitrogens is 1. The minimum Gasteiger partial charge on any atom is -0.312 e. The van der Waals surface area contributed by atoms with Crippen LogP contribution in [0.4, 0.5) is 17.1 Å². The van der Waals surface area contributed by atoms with E-state index in [-0.39, 0.29) is 5.41 Å². The van der Waals surface area contributed by atoms with E-state index in [1.807, 2.05) is 0 Å². The van der Waals surface area contributed by atoms with Crippen molar-refractivity contribution in [3.63, 3.8) is 0 Å². The predicted molar refractivity (Wildman–Crippen MR) is 479 cm³/mol. The number of fused-ring (bicyclic) bond motifs is 6. The molecular formula is C53H72B30N2. The molecule has 1 aromatic heterocycles. The molecule has 9 aromatic rings. The zero-order valence-electron chi connectivity index (χ0n) is 59.4. The second-order valence-electron chi connectivity index (χ2n) is 28.1. The van der Waals surface area contributed by atoms with Gasteiger partial charge in [0.2, 0.25) is 0 Å². The summed E-state index contributed by atoms with van der Waals surface area (Å²) in [6.45, 7) is 9.95. The molecule has 8 aromatic carbocycles. The van der Waals surface area contributed by atoms with Crippen LogP contribution in [0.3, 0.4) is 0 Å². The summed E-state index contributed by atoms with van der Waals surface area (Å²) in [6.07, 6.45) is 0. The summed E-state index contributed by atoms with van der Waals surface area (Å²) in [5, 5.41) is 2.74. The number of anilines is 3. The molecule has 0 unspecified atom stereocenters. The second-order valence-corrected chi connectivity index (χ2v) is 28.1. The average molecular weight is 1060 g/mol. The molecule has 0 saturated carbocycles. The van der Waals surface area contributed by atoms with Crippen LogP contribution in [0.5, 0.6) is 0 Å². The summed E-state index contributed by atoms with van der Waals surface area (Å²) in [5.41, 5.74) is 63.2. The van der Waals surface area contributed by atoms with Crippen molar-refractivity contribution in [3.05, 3.63) is 22.3 Å². The number of nitrogens with zero attached hydrogens (tertiary/aromatic N) is 2. The number of benzene rings is 8. The Morgan fingerprint density at radius 1 is 0.235 bits per heavy atom. The highest BCUT2D eigenvalue weighted by molar-refractivity contribution is 6.75. The van der Waals surface area contributed by atoms with Crippen molar-refractivity contribution in [2.24, 2.45) is 0 Å². The first kappa shape index (κ1) is 63.3. The van der Waals surface area contributed by atoms with Gasteiger partial charge in [0.25, 0.3) is 0 Å². The van der Waals surface area contributed by atoms with Gasteiger partial charge in [-0.15, -0.1) is 49.2 Å². The van der Waals surface area contributed by atoms with Gasteiger partial charge in [-0.25, -0.2) is 0 Å². The molecule has 0 atom stereocenters. The van der Waals surface area contributed by atoms with Crippen LogP contribution < -0.4 is 169 Å². The highest BCUT2D eigenvalue weighted by Crippen LogP contribution is 2.47. The monoisotopic (exact) mass is 1070 g/mol. The summed E-state index contributed by atoms with van der Waals surface area (Å²) in [6, 6.07) is 0. The van der Waals surface area contributed by atoms with Crippen LogP contribution in [0.2, 0.25) is 0 Å². The summed E-state index contributed by atoms with van der Waals surface area (Å²) >= 11 is 0. The Morgan fingerprint density at radius 3 is 0.953 bits per heavy atom. The van der Waals surface area contributed by atoms with Crippen molar-refractivity contribution in [1.29, 1.82) is 0 Å². The van der Waals surface area contributed by atoms with Gasteiger partial charge in [0.15, 0.2) is 0 Å². The third-order valence-corrected chi connectivity index (χ3v) is 24.6. The molecule has 0 saturated heterocycles. The Balaban J connectivity index is 1.47. The van der Waals surface area contributed by atoms with Gasteiger partial charge in [0.05, 0.1) is 0 Å². The van der Waals surface area contributed by atoms with E-state index in [2.05, 4.69) is 273 Å². The Labute approximate surface area is 538 Å². The number of rotatable bonds is 6. The number of hydrogen-bond acceptors (Lipinski definition) is 1. The van der Waals surface area contributed by atoms with Gasteiger partial charge in [0, 0.05) is 44.6 Å². The molecular weight excluding hydrogens is 989 g/mol. The molecule has 1 aliphatic rings. The molecule has 0 radical (unpaired) electrons. The normalized spacial score (nSPS) is 12.6. The molecule has 32 heteroatoms. The molecule has 0 N–H and O–H groups in total. The molecule has 384 valence electrons. The van der Waals surface area contributed by atoms with Gasteiger partial charge in [0.1, 0.15) is 235 Å². The van der Waals surface area contributed by atoms with Crippen LogP contribution in [-0.4, -0.2) is 240 Å². The van der Waals surface area contributed by atoms with Crippen LogP contribution >= 0.6 is 0 Å². The predicted octanol–water partition coefficient (Wildman–Crippen LogP) is -37.7. The van der Waals surface area contributed by atoms with Crippen LogP contribution in [0.1, 0.15) is 36.1 Å². The first-order valence-corrected chi connectivity index (χ1v) is 31.8. The van der Waals surface area contributed by atoms with E-state index < -0.39 is 0 Å². The van der Waals surface area contributed by atoms with E-state index in [0.29, 0.717) is 0 Å². The Morgan fingerprint density at radius 2 is 0.506 bits per heavy atom. The maximum absolute atomic E-state index is 2.85. The fourth-order valence-corrected chi connectivity index (χ4v) is 17.5. The SMILES string of the molecule is Bc1c(B)c(B)c(-c2c(B)c(B)c(N(c3c(B)c(B)c4c(c3B)C(C)(C)c3c(B)c(B)c(B)c(B)c3-4)c3c(C)c(B)c4c(c3B)c3c(B)c(B)c(-c5c(B)c(B)c(B)c(B)c5B)c(B)c3n4-c3c(B)c(B)c(B)c(B)c3B)c(C)c2B)c(B)c1B. The van der Waals surface area contributed by atoms with E-state index in [0.717, 1.165) is 0 Å². The quantitative estimate of drug-likeness (QED) is 0.151. The lowest BCUT2D eigenvalue weighted by Crippen LogP contribution is -2.56. The lowest BCUT2D eigenvalue weighted by molar-refractivity contribution is 0.669. The largest absolute Gasteiger partial charge is 0.312 e. The van der Waals surface area contributed by atoms with Gasteiger partial charge in [-0.3, -0.25) is 0 Å².